The molecule has 5 rings (SSSR count). The number of fused-ring (bicyclic) bond motifs is 1. The van der Waals surface area contributed by atoms with Gasteiger partial charge in [0.2, 0.25) is 5.91 Å². The molecule has 0 atom stereocenters. The van der Waals surface area contributed by atoms with Crippen LogP contribution in [-0.2, 0) is 41.9 Å². The second-order valence-electron chi connectivity index (χ2n) is 10.5. The smallest absolute Gasteiger partial charge is 0.341 e. The van der Waals surface area contributed by atoms with Crippen LogP contribution in [-0.4, -0.2) is 52.0 Å². The van der Waals surface area contributed by atoms with Crippen LogP contribution >= 0.6 is 23.1 Å². The number of thioether (sulfide) groups is 1. The van der Waals surface area contributed by atoms with Gasteiger partial charge in [-0.1, -0.05) is 54.6 Å². The standard InChI is InChI=1S/C33H37N5O5S2/c1-3-43-32(41)29-25-15-8-5-9-16-26(25)45-31(29)35-28(39)21-44-33-37-36-27(38(33)18-17-22-11-6-4-7-12-22)20-34-30(40)23-13-10-14-24(19-23)42-2/h4,6-7,10-14,19H,3,5,8-9,15-18,20-21H2,1-2H3,(H,34,40)(H,35,39). The maximum absolute atomic E-state index is 13.2. The second kappa shape index (κ2) is 15.7. The van der Waals surface area contributed by atoms with Crippen molar-refractivity contribution in [2.45, 2.75) is 63.7 Å². The summed E-state index contributed by atoms with van der Waals surface area (Å²) in [6, 6.07) is 17.0. The van der Waals surface area contributed by atoms with Crippen molar-refractivity contribution in [1.82, 2.24) is 20.1 Å². The third-order valence-corrected chi connectivity index (χ3v) is 9.66. The van der Waals surface area contributed by atoms with Gasteiger partial charge < -0.3 is 24.7 Å². The lowest BCUT2D eigenvalue weighted by Crippen LogP contribution is -2.25. The third kappa shape index (κ3) is 8.31. The summed E-state index contributed by atoms with van der Waals surface area (Å²) in [7, 11) is 1.56. The number of hydrogen-bond acceptors (Lipinski definition) is 9. The molecule has 2 aromatic carbocycles. The van der Waals surface area contributed by atoms with E-state index in [4.69, 9.17) is 9.47 Å². The van der Waals surface area contributed by atoms with Gasteiger partial charge in [0.1, 0.15) is 10.8 Å². The van der Waals surface area contributed by atoms with Crippen molar-refractivity contribution in [3.8, 4) is 5.75 Å². The van der Waals surface area contributed by atoms with Crippen LogP contribution in [0.15, 0.2) is 59.8 Å². The highest BCUT2D eigenvalue weighted by Crippen LogP contribution is 2.38. The summed E-state index contributed by atoms with van der Waals surface area (Å²) in [5.74, 6) is 0.361. The summed E-state index contributed by atoms with van der Waals surface area (Å²) in [6.45, 7) is 2.78. The molecule has 0 spiro atoms. The average Bonchev–Trinajstić information content (AvgIpc) is 3.52. The van der Waals surface area contributed by atoms with Gasteiger partial charge in [0, 0.05) is 17.0 Å². The number of carbonyl (C=O) groups is 3. The van der Waals surface area contributed by atoms with Crippen molar-refractivity contribution < 1.29 is 23.9 Å². The van der Waals surface area contributed by atoms with E-state index < -0.39 is 0 Å². The first kappa shape index (κ1) is 32.2. The molecule has 4 aromatic rings. The molecule has 0 saturated heterocycles. The summed E-state index contributed by atoms with van der Waals surface area (Å²) in [5.41, 5.74) is 3.14. The molecule has 1 aliphatic rings. The van der Waals surface area contributed by atoms with Gasteiger partial charge in [-0.15, -0.1) is 21.5 Å². The molecule has 10 nitrogen and oxygen atoms in total. The van der Waals surface area contributed by atoms with Crippen LogP contribution in [0.4, 0.5) is 5.00 Å². The molecule has 2 amide bonds. The molecule has 0 fully saturated rings. The van der Waals surface area contributed by atoms with E-state index in [1.165, 1.54) is 23.1 Å². The number of benzene rings is 2. The van der Waals surface area contributed by atoms with Crippen molar-refractivity contribution in [3.63, 3.8) is 0 Å². The number of amides is 2. The molecule has 2 heterocycles. The van der Waals surface area contributed by atoms with Crippen LogP contribution in [0.2, 0.25) is 0 Å². The van der Waals surface area contributed by atoms with Gasteiger partial charge in [-0.05, 0) is 68.4 Å². The van der Waals surface area contributed by atoms with Gasteiger partial charge in [0.15, 0.2) is 11.0 Å². The Morgan fingerprint density at radius 2 is 1.84 bits per heavy atom. The molecular formula is C33H37N5O5S2. The molecular weight excluding hydrogens is 611 g/mol. The van der Waals surface area contributed by atoms with Crippen LogP contribution in [0.1, 0.15) is 68.7 Å². The summed E-state index contributed by atoms with van der Waals surface area (Å²) in [4.78, 5) is 40.1. The van der Waals surface area contributed by atoms with Crippen LogP contribution in [0, 0.1) is 0 Å². The Labute approximate surface area is 270 Å². The fraction of sp³-hybridized carbons (Fsp3) is 0.364. The molecule has 0 unspecified atom stereocenters. The molecule has 2 N–H and O–H groups in total. The Bertz CT molecular complexity index is 1640. The predicted octanol–water partition coefficient (Wildman–Crippen LogP) is 5.70. The zero-order chi connectivity index (χ0) is 31.6. The summed E-state index contributed by atoms with van der Waals surface area (Å²) < 4.78 is 12.5. The highest BCUT2D eigenvalue weighted by atomic mass is 32.2. The number of ether oxygens (including phenoxy) is 2. The van der Waals surface area contributed by atoms with E-state index in [0.717, 1.165) is 54.5 Å². The molecule has 0 radical (unpaired) electrons. The first-order valence-electron chi connectivity index (χ1n) is 15.1. The van der Waals surface area contributed by atoms with Gasteiger partial charge >= 0.3 is 5.97 Å². The number of nitrogens with one attached hydrogen (secondary N) is 2. The number of anilines is 1. The van der Waals surface area contributed by atoms with Gasteiger partial charge in [-0.3, -0.25) is 9.59 Å². The van der Waals surface area contributed by atoms with Crippen LogP contribution < -0.4 is 15.4 Å². The Balaban J connectivity index is 1.29. The average molecular weight is 648 g/mol. The highest BCUT2D eigenvalue weighted by Gasteiger charge is 2.27. The van der Waals surface area contributed by atoms with E-state index in [0.29, 0.717) is 39.4 Å². The fourth-order valence-corrected chi connectivity index (χ4v) is 7.31. The second-order valence-corrected chi connectivity index (χ2v) is 12.6. The quantitative estimate of drug-likeness (QED) is 0.108. The van der Waals surface area contributed by atoms with Gasteiger partial charge in [0.25, 0.3) is 5.91 Å². The van der Waals surface area contributed by atoms with Gasteiger partial charge in [-0.2, -0.15) is 0 Å². The van der Waals surface area contributed by atoms with E-state index in [2.05, 4.69) is 33.0 Å². The van der Waals surface area contributed by atoms with E-state index in [1.54, 1.807) is 38.3 Å². The number of aryl methyl sites for hydroxylation is 2. The van der Waals surface area contributed by atoms with Crippen molar-refractivity contribution in [3.05, 3.63) is 87.6 Å². The molecule has 12 heteroatoms. The molecule has 0 saturated carbocycles. The highest BCUT2D eigenvalue weighted by molar-refractivity contribution is 7.99. The van der Waals surface area contributed by atoms with E-state index in [1.807, 2.05) is 22.8 Å². The number of methoxy groups -OCH3 is 1. The molecule has 2 aromatic heterocycles. The van der Waals surface area contributed by atoms with E-state index in [9.17, 15) is 14.4 Å². The lowest BCUT2D eigenvalue weighted by atomic mass is 10.1. The van der Waals surface area contributed by atoms with Crippen LogP contribution in [0.3, 0.4) is 0 Å². The predicted molar refractivity (Wildman–Crippen MR) is 175 cm³/mol. The molecule has 0 aliphatic heterocycles. The van der Waals surface area contributed by atoms with Crippen molar-refractivity contribution in [2.24, 2.45) is 0 Å². The number of hydrogen-bond donors (Lipinski definition) is 2. The van der Waals surface area contributed by atoms with E-state index >= 15 is 0 Å². The number of esters is 1. The Morgan fingerprint density at radius 3 is 2.64 bits per heavy atom. The Hall–Kier alpha value is -4.16. The van der Waals surface area contributed by atoms with Crippen molar-refractivity contribution in [2.75, 3.05) is 24.8 Å². The first-order valence-corrected chi connectivity index (χ1v) is 16.9. The van der Waals surface area contributed by atoms with E-state index in [-0.39, 0.29) is 36.7 Å². The lowest BCUT2D eigenvalue weighted by Gasteiger charge is -2.12. The third-order valence-electron chi connectivity index (χ3n) is 7.49. The summed E-state index contributed by atoms with van der Waals surface area (Å²) in [6.07, 6.45) is 5.64. The number of rotatable bonds is 13. The number of thiophene rings is 1. The maximum Gasteiger partial charge on any atom is 0.341 e. The van der Waals surface area contributed by atoms with Crippen molar-refractivity contribution >= 4 is 45.9 Å². The lowest BCUT2D eigenvalue weighted by molar-refractivity contribution is -0.113. The number of carbonyl (C=O) groups excluding carboxylic acids is 3. The topological polar surface area (TPSA) is 124 Å². The fourth-order valence-electron chi connectivity index (χ4n) is 5.24. The molecule has 0 bridgehead atoms. The minimum Gasteiger partial charge on any atom is -0.497 e. The normalized spacial score (nSPS) is 12.6. The number of nitrogens with zero attached hydrogens (tertiary/aromatic N) is 3. The Kier molecular flexibility index (Phi) is 11.3. The molecule has 1 aliphatic carbocycles. The van der Waals surface area contributed by atoms with Gasteiger partial charge in [0.05, 0.1) is 31.6 Å². The van der Waals surface area contributed by atoms with Crippen molar-refractivity contribution in [1.29, 1.82) is 0 Å². The SMILES string of the molecule is CCOC(=O)c1c(NC(=O)CSc2nnc(CNC(=O)c3cccc(OC)c3)n2CCc2ccccc2)sc2c1CCCCC2. The van der Waals surface area contributed by atoms with Gasteiger partial charge in [-0.25, -0.2) is 4.79 Å². The molecule has 45 heavy (non-hydrogen) atoms. The maximum atomic E-state index is 13.2. The minimum absolute atomic E-state index is 0.0739. The Morgan fingerprint density at radius 1 is 1.02 bits per heavy atom. The van der Waals surface area contributed by atoms with Crippen LogP contribution in [0.25, 0.3) is 0 Å². The number of aromatic nitrogens is 3. The first-order chi connectivity index (χ1) is 22.0. The largest absolute Gasteiger partial charge is 0.497 e. The zero-order valence-electron chi connectivity index (χ0n) is 25.5. The molecule has 236 valence electrons. The summed E-state index contributed by atoms with van der Waals surface area (Å²) in [5, 5.41) is 15.8. The summed E-state index contributed by atoms with van der Waals surface area (Å²) >= 11 is 2.74. The minimum atomic E-state index is -0.388. The van der Waals surface area contributed by atoms with Crippen LogP contribution in [0.5, 0.6) is 5.75 Å². The zero-order valence-corrected chi connectivity index (χ0v) is 27.1. The monoisotopic (exact) mass is 647 g/mol.